The number of nitrogens with one attached hydrogen (secondary N) is 2. The van der Waals surface area contributed by atoms with Crippen LogP contribution >= 0.6 is 0 Å². The number of aryl methyl sites for hydroxylation is 1. The van der Waals surface area contributed by atoms with Crippen LogP contribution in [0.4, 0.5) is 0 Å². The summed E-state index contributed by atoms with van der Waals surface area (Å²) in [7, 11) is 0. The minimum Gasteiger partial charge on any atom is -0.358 e. The highest BCUT2D eigenvalue weighted by molar-refractivity contribution is 5.90. The molecular weight excluding hydrogens is 296 g/mol. The molecule has 2 aromatic carbocycles. The summed E-state index contributed by atoms with van der Waals surface area (Å²) in [5.41, 5.74) is 4.37. The van der Waals surface area contributed by atoms with Crippen molar-refractivity contribution in [3.8, 4) is 0 Å². The van der Waals surface area contributed by atoms with Crippen molar-refractivity contribution >= 4 is 16.8 Å². The minimum atomic E-state index is -0.0911. The number of aromatic nitrogens is 1. The molecule has 3 aromatic rings. The zero-order chi connectivity index (χ0) is 17.2. The molecule has 0 saturated carbocycles. The van der Waals surface area contributed by atoms with Crippen molar-refractivity contribution in [3.05, 3.63) is 71.4 Å². The monoisotopic (exact) mass is 320 g/mol. The first-order valence-electron chi connectivity index (χ1n) is 8.36. The third-order valence-electron chi connectivity index (χ3n) is 4.65. The summed E-state index contributed by atoms with van der Waals surface area (Å²) >= 11 is 0. The van der Waals surface area contributed by atoms with Gasteiger partial charge in [-0.1, -0.05) is 62.4 Å². The van der Waals surface area contributed by atoms with Crippen LogP contribution in [0, 0.1) is 6.92 Å². The molecular formula is C21H24N2O. The predicted octanol–water partition coefficient (Wildman–Crippen LogP) is 4.11. The first-order chi connectivity index (χ1) is 11.5. The Morgan fingerprint density at radius 3 is 2.46 bits per heavy atom. The molecule has 0 bridgehead atoms. The van der Waals surface area contributed by atoms with Gasteiger partial charge >= 0.3 is 0 Å². The van der Waals surface area contributed by atoms with Crippen LogP contribution in [-0.4, -0.2) is 17.4 Å². The van der Waals surface area contributed by atoms with E-state index in [2.05, 4.69) is 42.3 Å². The smallest absolute Gasteiger partial charge is 0.224 e. The molecule has 0 aliphatic heterocycles. The fourth-order valence-electron chi connectivity index (χ4n) is 3.10. The van der Waals surface area contributed by atoms with Gasteiger partial charge in [-0.3, -0.25) is 4.79 Å². The third kappa shape index (κ3) is 3.35. The molecule has 124 valence electrons. The van der Waals surface area contributed by atoms with Gasteiger partial charge in [0.05, 0.1) is 6.42 Å². The zero-order valence-corrected chi connectivity index (χ0v) is 14.5. The molecule has 0 aliphatic carbocycles. The topological polar surface area (TPSA) is 44.9 Å². The Kier molecular flexibility index (Phi) is 4.43. The highest BCUT2D eigenvalue weighted by Crippen LogP contribution is 2.23. The number of para-hydroxylation sites is 1. The maximum atomic E-state index is 12.5. The van der Waals surface area contributed by atoms with Crippen molar-refractivity contribution in [2.45, 2.75) is 32.6 Å². The van der Waals surface area contributed by atoms with Gasteiger partial charge in [0.25, 0.3) is 0 Å². The van der Waals surface area contributed by atoms with E-state index in [1.807, 2.05) is 43.3 Å². The summed E-state index contributed by atoms with van der Waals surface area (Å²) in [5, 5.41) is 4.23. The highest BCUT2D eigenvalue weighted by Gasteiger charge is 2.21. The maximum Gasteiger partial charge on any atom is 0.224 e. The van der Waals surface area contributed by atoms with Crippen molar-refractivity contribution in [1.29, 1.82) is 0 Å². The zero-order valence-electron chi connectivity index (χ0n) is 14.5. The second kappa shape index (κ2) is 6.52. The molecule has 24 heavy (non-hydrogen) atoms. The van der Waals surface area contributed by atoms with Crippen molar-refractivity contribution in [1.82, 2.24) is 10.3 Å². The summed E-state index contributed by atoms with van der Waals surface area (Å²) in [6.07, 6.45) is 0.403. The van der Waals surface area contributed by atoms with Crippen LogP contribution < -0.4 is 5.32 Å². The van der Waals surface area contributed by atoms with Crippen LogP contribution in [0.25, 0.3) is 10.9 Å². The van der Waals surface area contributed by atoms with Crippen LogP contribution in [0.15, 0.2) is 54.6 Å². The van der Waals surface area contributed by atoms with Crippen LogP contribution in [0.2, 0.25) is 0 Å². The van der Waals surface area contributed by atoms with Gasteiger partial charge in [0.1, 0.15) is 0 Å². The lowest BCUT2D eigenvalue weighted by atomic mass is 9.84. The van der Waals surface area contributed by atoms with Gasteiger partial charge in [-0.25, -0.2) is 0 Å². The fourth-order valence-corrected chi connectivity index (χ4v) is 3.10. The second-order valence-electron chi connectivity index (χ2n) is 6.98. The van der Waals surface area contributed by atoms with Crippen molar-refractivity contribution in [2.24, 2.45) is 0 Å². The van der Waals surface area contributed by atoms with Gasteiger partial charge < -0.3 is 10.3 Å². The lowest BCUT2D eigenvalue weighted by molar-refractivity contribution is -0.120. The van der Waals surface area contributed by atoms with E-state index in [0.29, 0.717) is 13.0 Å². The molecule has 0 radical (unpaired) electrons. The largest absolute Gasteiger partial charge is 0.358 e. The summed E-state index contributed by atoms with van der Waals surface area (Å²) in [6, 6.07) is 18.4. The average molecular weight is 320 g/mol. The molecule has 0 atom stereocenters. The van der Waals surface area contributed by atoms with Gasteiger partial charge in [-0.15, -0.1) is 0 Å². The van der Waals surface area contributed by atoms with E-state index >= 15 is 0 Å². The Balaban J connectivity index is 1.68. The lowest BCUT2D eigenvalue weighted by Crippen LogP contribution is -2.37. The average Bonchev–Trinajstić information content (AvgIpc) is 2.90. The number of aromatic amines is 1. The third-order valence-corrected chi connectivity index (χ3v) is 4.65. The maximum absolute atomic E-state index is 12.5. The van der Waals surface area contributed by atoms with Crippen molar-refractivity contribution in [3.63, 3.8) is 0 Å². The Labute approximate surface area is 143 Å². The fraction of sp³-hybridized carbons (Fsp3) is 0.286. The van der Waals surface area contributed by atoms with Crippen molar-refractivity contribution in [2.75, 3.05) is 6.54 Å². The predicted molar refractivity (Wildman–Crippen MR) is 99.2 cm³/mol. The molecule has 3 nitrogen and oxygen atoms in total. The van der Waals surface area contributed by atoms with E-state index in [1.54, 1.807) is 0 Å². The molecule has 2 N–H and O–H groups in total. The van der Waals surface area contributed by atoms with Crippen LogP contribution in [0.5, 0.6) is 0 Å². The van der Waals surface area contributed by atoms with Crippen LogP contribution in [0.3, 0.4) is 0 Å². The molecule has 3 heteroatoms. The number of H-pyrrole nitrogens is 1. The van der Waals surface area contributed by atoms with Crippen LogP contribution in [-0.2, 0) is 16.6 Å². The number of carbonyl (C=O) groups excluding carboxylic acids is 1. The standard InChI is InChI=1S/C21H24N2O/c1-15-18(17-11-7-8-12-19(17)23-15)13-20(24)22-14-21(2,3)16-9-5-4-6-10-16/h4-12,23H,13-14H2,1-3H3,(H,22,24). The molecule has 0 fully saturated rings. The number of hydrogen-bond acceptors (Lipinski definition) is 1. The first-order valence-corrected chi connectivity index (χ1v) is 8.36. The summed E-state index contributed by atoms with van der Waals surface area (Å²) in [5.74, 6) is 0.0619. The number of amides is 1. The van der Waals surface area contributed by atoms with E-state index in [4.69, 9.17) is 0 Å². The molecule has 0 saturated heterocycles. The molecule has 0 unspecified atom stereocenters. The number of rotatable bonds is 5. The normalized spacial score (nSPS) is 11.6. The number of carbonyl (C=O) groups is 1. The first kappa shape index (κ1) is 16.3. The van der Waals surface area contributed by atoms with Gasteiger partial charge in [0.2, 0.25) is 5.91 Å². The minimum absolute atomic E-state index is 0.0619. The molecule has 0 aliphatic rings. The summed E-state index contributed by atoms with van der Waals surface area (Å²) in [4.78, 5) is 15.8. The Morgan fingerprint density at radius 2 is 1.71 bits per heavy atom. The molecule has 1 aromatic heterocycles. The quantitative estimate of drug-likeness (QED) is 0.730. The Morgan fingerprint density at radius 1 is 1.04 bits per heavy atom. The molecule has 1 amide bonds. The van der Waals surface area contributed by atoms with Gasteiger partial charge in [0.15, 0.2) is 0 Å². The van der Waals surface area contributed by atoms with E-state index in [0.717, 1.165) is 22.2 Å². The highest BCUT2D eigenvalue weighted by atomic mass is 16.1. The molecule has 1 heterocycles. The number of fused-ring (bicyclic) bond motifs is 1. The Hall–Kier alpha value is -2.55. The molecule has 0 spiro atoms. The number of benzene rings is 2. The summed E-state index contributed by atoms with van der Waals surface area (Å²) < 4.78 is 0. The Bertz CT molecular complexity index is 847. The van der Waals surface area contributed by atoms with Crippen molar-refractivity contribution < 1.29 is 4.79 Å². The van der Waals surface area contributed by atoms with E-state index in [9.17, 15) is 4.79 Å². The van der Waals surface area contributed by atoms with Crippen LogP contribution in [0.1, 0.15) is 30.7 Å². The SMILES string of the molecule is Cc1[nH]c2ccccc2c1CC(=O)NCC(C)(C)c1ccccc1. The lowest BCUT2D eigenvalue weighted by Gasteiger charge is -2.25. The van der Waals surface area contributed by atoms with E-state index in [1.165, 1.54) is 5.56 Å². The van der Waals surface area contributed by atoms with Gasteiger partial charge in [-0.05, 0) is 24.1 Å². The number of hydrogen-bond donors (Lipinski definition) is 2. The summed E-state index contributed by atoms with van der Waals surface area (Å²) in [6.45, 7) is 6.95. The van der Waals surface area contributed by atoms with Gasteiger partial charge in [0, 0.05) is 28.6 Å². The molecule has 3 rings (SSSR count). The van der Waals surface area contributed by atoms with E-state index in [-0.39, 0.29) is 11.3 Å². The van der Waals surface area contributed by atoms with E-state index < -0.39 is 0 Å². The second-order valence-corrected chi connectivity index (χ2v) is 6.98. The van der Waals surface area contributed by atoms with Gasteiger partial charge in [-0.2, -0.15) is 0 Å².